The smallest absolute Gasteiger partial charge is 0.344 e. The number of hydrogen-bond acceptors (Lipinski definition) is 8. The lowest BCUT2D eigenvalue weighted by Crippen LogP contribution is -2.42. The molecule has 0 spiro atoms. The number of fused-ring (bicyclic) bond motifs is 9. The van der Waals surface area contributed by atoms with Gasteiger partial charge in [-0.3, -0.25) is 19.3 Å². The van der Waals surface area contributed by atoms with E-state index in [2.05, 4.69) is 4.98 Å². The number of nitrogens with zero attached hydrogens (tertiary/aromatic N) is 1. The maximum absolute atomic E-state index is 13.9. The van der Waals surface area contributed by atoms with Gasteiger partial charge in [0.1, 0.15) is 5.75 Å². The Kier molecular flexibility index (Phi) is 6.72. The molecule has 2 aromatic carbocycles. The zero-order valence-corrected chi connectivity index (χ0v) is 24.8. The number of rotatable bonds is 6. The lowest BCUT2D eigenvalue weighted by atomic mass is 9.68. The summed E-state index contributed by atoms with van der Waals surface area (Å²) in [6.07, 6.45) is 0.749. The third-order valence-electron chi connectivity index (χ3n) is 8.77. The van der Waals surface area contributed by atoms with Crippen LogP contribution in [0.5, 0.6) is 5.75 Å². The molecule has 2 aliphatic heterocycles. The highest BCUT2D eigenvalue weighted by Crippen LogP contribution is 2.69. The predicted molar refractivity (Wildman–Crippen MR) is 156 cm³/mol. The van der Waals surface area contributed by atoms with Gasteiger partial charge in [0, 0.05) is 31.7 Å². The molecule has 2 aliphatic carbocycles. The number of H-pyrrole nitrogens is 1. The van der Waals surface area contributed by atoms with Gasteiger partial charge >= 0.3 is 10.8 Å². The van der Waals surface area contributed by atoms with E-state index in [4.69, 9.17) is 32.7 Å². The van der Waals surface area contributed by atoms with Crippen LogP contribution in [0.1, 0.15) is 29.7 Å². The summed E-state index contributed by atoms with van der Waals surface area (Å²) in [6.45, 7) is 1.70. The summed E-state index contributed by atoms with van der Waals surface area (Å²) in [4.78, 5) is 57.4. The molecule has 7 atom stereocenters. The SMILES string of the molecule is CCOC(=O)COc1ccc(Cl)cc1[C@H]1c2sc(=O)[nH]c2SC2C3CC(C4C(=O)N(c5ccc(Cl)cc5)C(=O)C34)C21. The Morgan fingerprint density at radius 2 is 1.73 bits per heavy atom. The molecule has 4 aliphatic rings. The molecule has 3 heterocycles. The van der Waals surface area contributed by atoms with E-state index in [-0.39, 0.29) is 58.8 Å². The third-order valence-corrected chi connectivity index (χ3v) is 11.8. The number of carbonyl (C=O) groups excluding carboxylic acids is 3. The van der Waals surface area contributed by atoms with Crippen molar-refractivity contribution < 1.29 is 23.9 Å². The van der Waals surface area contributed by atoms with Gasteiger partial charge in [0.15, 0.2) is 6.61 Å². The summed E-state index contributed by atoms with van der Waals surface area (Å²) in [5.41, 5.74) is 1.28. The van der Waals surface area contributed by atoms with Crippen LogP contribution in [-0.4, -0.2) is 41.2 Å². The van der Waals surface area contributed by atoms with E-state index < -0.39 is 17.8 Å². The van der Waals surface area contributed by atoms with E-state index in [1.807, 2.05) is 6.07 Å². The second-order valence-electron chi connectivity index (χ2n) is 10.7. The Hall–Kier alpha value is -2.79. The molecule has 8 nitrogen and oxygen atoms in total. The molecule has 1 saturated heterocycles. The molecular weight excluding hydrogens is 607 g/mol. The van der Waals surface area contributed by atoms with E-state index >= 15 is 0 Å². The van der Waals surface area contributed by atoms with Crippen molar-refractivity contribution in [3.05, 3.63) is 72.6 Å². The highest BCUT2D eigenvalue weighted by Gasteiger charge is 2.69. The first-order valence-electron chi connectivity index (χ1n) is 13.4. The molecule has 1 N–H and O–H groups in total. The summed E-state index contributed by atoms with van der Waals surface area (Å²) in [7, 11) is 0. The Bertz CT molecular complexity index is 1640. The average molecular weight is 632 g/mol. The van der Waals surface area contributed by atoms with Crippen LogP contribution in [-0.2, 0) is 19.1 Å². The fourth-order valence-electron chi connectivity index (χ4n) is 7.44. The normalized spacial score (nSPS) is 29.3. The quantitative estimate of drug-likeness (QED) is 0.288. The lowest BCUT2D eigenvalue weighted by Gasteiger charge is -2.43. The van der Waals surface area contributed by atoms with Crippen molar-refractivity contribution in [1.82, 2.24) is 4.98 Å². The van der Waals surface area contributed by atoms with E-state index in [0.29, 0.717) is 21.5 Å². The van der Waals surface area contributed by atoms with Crippen LogP contribution in [0.3, 0.4) is 0 Å². The maximum Gasteiger partial charge on any atom is 0.344 e. The predicted octanol–water partition coefficient (Wildman–Crippen LogP) is 5.36. The molecule has 2 amide bonds. The molecular formula is C29H24Cl2N2O6S2. The number of thiazole rings is 1. The number of ether oxygens (including phenoxy) is 2. The number of nitrogens with one attached hydrogen (secondary N) is 1. The highest BCUT2D eigenvalue weighted by atomic mass is 35.5. The number of imide groups is 1. The number of aromatic nitrogens is 1. The van der Waals surface area contributed by atoms with Gasteiger partial charge in [-0.05, 0) is 73.6 Å². The van der Waals surface area contributed by atoms with E-state index in [0.717, 1.165) is 33.2 Å². The minimum absolute atomic E-state index is 0.00260. The van der Waals surface area contributed by atoms with Crippen molar-refractivity contribution in [2.24, 2.45) is 29.6 Å². The van der Waals surface area contributed by atoms with Crippen LogP contribution in [0.4, 0.5) is 5.69 Å². The lowest BCUT2D eigenvalue weighted by molar-refractivity contribution is -0.145. The van der Waals surface area contributed by atoms with Crippen molar-refractivity contribution in [2.45, 2.75) is 29.5 Å². The summed E-state index contributed by atoms with van der Waals surface area (Å²) in [5.74, 6) is -1.70. The first-order chi connectivity index (χ1) is 19.8. The monoisotopic (exact) mass is 630 g/mol. The van der Waals surface area contributed by atoms with Crippen molar-refractivity contribution in [2.75, 3.05) is 18.1 Å². The van der Waals surface area contributed by atoms with Crippen LogP contribution in [0, 0.1) is 29.6 Å². The molecule has 3 aromatic rings. The molecule has 2 bridgehead atoms. The number of benzene rings is 2. The number of esters is 1. The topological polar surface area (TPSA) is 106 Å². The average Bonchev–Trinajstić information content (AvgIpc) is 3.67. The summed E-state index contributed by atoms with van der Waals surface area (Å²) >= 11 is 15.3. The number of carbonyl (C=O) groups is 3. The van der Waals surface area contributed by atoms with Crippen LogP contribution in [0.25, 0.3) is 0 Å². The summed E-state index contributed by atoms with van der Waals surface area (Å²) in [5, 5.41) is 1.80. The first kappa shape index (κ1) is 27.1. The fourth-order valence-corrected chi connectivity index (χ4v) is 10.6. The molecule has 1 aromatic heterocycles. The second kappa shape index (κ2) is 10.2. The Labute approximate surface area is 253 Å². The van der Waals surface area contributed by atoms with Gasteiger partial charge in [0.2, 0.25) is 11.8 Å². The first-order valence-corrected chi connectivity index (χ1v) is 15.8. The van der Waals surface area contributed by atoms with Gasteiger partial charge in [-0.15, -0.1) is 11.8 Å². The number of amides is 2. The number of aromatic amines is 1. The van der Waals surface area contributed by atoms with Crippen molar-refractivity contribution in [3.8, 4) is 5.75 Å². The number of anilines is 1. The van der Waals surface area contributed by atoms with Crippen LogP contribution in [0.15, 0.2) is 52.3 Å². The third kappa shape index (κ3) is 4.25. The Morgan fingerprint density at radius 3 is 2.46 bits per heavy atom. The van der Waals surface area contributed by atoms with Gasteiger partial charge in [-0.2, -0.15) is 0 Å². The highest BCUT2D eigenvalue weighted by molar-refractivity contribution is 8.00. The van der Waals surface area contributed by atoms with Crippen LogP contribution >= 0.6 is 46.3 Å². The van der Waals surface area contributed by atoms with Crippen molar-refractivity contribution >= 4 is 69.8 Å². The van der Waals surface area contributed by atoms with E-state index in [1.165, 1.54) is 4.90 Å². The molecule has 0 radical (unpaired) electrons. The zero-order valence-electron chi connectivity index (χ0n) is 21.7. The molecule has 12 heteroatoms. The van der Waals surface area contributed by atoms with Gasteiger partial charge in [0.05, 0.1) is 29.2 Å². The van der Waals surface area contributed by atoms with Crippen molar-refractivity contribution in [3.63, 3.8) is 0 Å². The zero-order chi connectivity index (χ0) is 28.6. The molecule has 41 heavy (non-hydrogen) atoms. The van der Waals surface area contributed by atoms with E-state index in [1.54, 1.807) is 55.1 Å². The molecule has 6 unspecified atom stereocenters. The number of hydrogen-bond donors (Lipinski definition) is 1. The Balaban J connectivity index is 1.30. The van der Waals surface area contributed by atoms with Crippen LogP contribution in [0.2, 0.25) is 10.0 Å². The second-order valence-corrected chi connectivity index (χ2v) is 13.8. The van der Waals surface area contributed by atoms with Gasteiger partial charge < -0.3 is 14.5 Å². The number of halogens is 2. The van der Waals surface area contributed by atoms with Gasteiger partial charge in [0.25, 0.3) is 0 Å². The summed E-state index contributed by atoms with van der Waals surface area (Å²) < 4.78 is 11.0. The molecule has 3 fully saturated rings. The molecule has 212 valence electrons. The van der Waals surface area contributed by atoms with Gasteiger partial charge in [-0.1, -0.05) is 34.5 Å². The van der Waals surface area contributed by atoms with Gasteiger partial charge in [-0.25, -0.2) is 4.79 Å². The maximum atomic E-state index is 13.9. The van der Waals surface area contributed by atoms with E-state index in [9.17, 15) is 19.2 Å². The minimum Gasteiger partial charge on any atom is -0.482 e. The number of thioether (sulfide) groups is 1. The standard InChI is InChI=1S/C29H24Cl2N2O6S2/c1-2-38-19(34)11-39-18-8-5-13(31)9-15(18)20-21-16-10-17(24(21)40-26-25(20)41-29(37)32-26)23-22(16)27(35)33(28(23)36)14-6-3-12(30)4-7-14/h3-9,16-17,20-24H,2,10-11H2,1H3,(H,32,37)/t16?,17?,20-,21?,22?,23?,24?/m1/s1. The fraction of sp³-hybridized carbons (Fsp3) is 0.379. The Morgan fingerprint density at radius 1 is 1.02 bits per heavy atom. The molecule has 2 saturated carbocycles. The minimum atomic E-state index is -0.488. The summed E-state index contributed by atoms with van der Waals surface area (Å²) in [6, 6.07) is 12.0. The largest absolute Gasteiger partial charge is 0.482 e. The van der Waals surface area contributed by atoms with Crippen LogP contribution < -0.4 is 14.5 Å². The van der Waals surface area contributed by atoms with Crippen molar-refractivity contribution in [1.29, 1.82) is 0 Å². The molecule has 7 rings (SSSR count).